The summed E-state index contributed by atoms with van der Waals surface area (Å²) in [4.78, 5) is 34.9. The number of rotatable bonds is 5. The van der Waals surface area contributed by atoms with Gasteiger partial charge in [-0.25, -0.2) is 9.97 Å². The van der Waals surface area contributed by atoms with Crippen LogP contribution in [0.15, 0.2) is 18.6 Å². The van der Waals surface area contributed by atoms with Crippen molar-refractivity contribution < 1.29 is 9.53 Å². The van der Waals surface area contributed by atoms with Gasteiger partial charge in [-0.05, 0) is 12.8 Å². The number of carbonyl (C=O) groups excluding carboxylic acids is 1. The largest absolute Gasteiger partial charge is 0.422 e. The minimum absolute atomic E-state index is 0.0425. The summed E-state index contributed by atoms with van der Waals surface area (Å²) in [6.45, 7) is 4.93. The van der Waals surface area contributed by atoms with Gasteiger partial charge in [0.15, 0.2) is 11.4 Å². The molecule has 32 heavy (non-hydrogen) atoms. The molecule has 166 valence electrons. The topological polar surface area (TPSA) is 114 Å². The molecule has 11 heteroatoms. The van der Waals surface area contributed by atoms with E-state index in [4.69, 9.17) is 21.3 Å². The van der Waals surface area contributed by atoms with Gasteiger partial charge in [-0.2, -0.15) is 9.97 Å². The van der Waals surface area contributed by atoms with Gasteiger partial charge in [0.1, 0.15) is 17.0 Å². The van der Waals surface area contributed by atoms with Crippen molar-refractivity contribution in [3.8, 4) is 11.8 Å². The second-order valence-corrected chi connectivity index (χ2v) is 8.31. The lowest BCUT2D eigenvalue weighted by atomic mass is 10.2. The van der Waals surface area contributed by atoms with E-state index in [9.17, 15) is 4.79 Å². The summed E-state index contributed by atoms with van der Waals surface area (Å²) in [6, 6.07) is 2.05. The number of nitrogens with one attached hydrogen (secondary N) is 2. The number of aromatic nitrogens is 6. The number of halogens is 1. The standard InChI is InChI=1S/C21H23ClN8O2/c1-4-14-17(22)16-18(26-14)27-21(28-20(16)30-6-5-12(9-30)25-11(2)31)32-13-7-15-19(23-8-13)29(3)10-24-15/h7-8,10,12H,4-6,9H2,1-3H3,(H,25,31)(H,26,27,28). The molecule has 0 radical (unpaired) electrons. The van der Waals surface area contributed by atoms with Crippen molar-refractivity contribution in [3.63, 3.8) is 0 Å². The zero-order valence-electron chi connectivity index (χ0n) is 18.0. The summed E-state index contributed by atoms with van der Waals surface area (Å²) in [6.07, 6.45) is 4.89. The highest BCUT2D eigenvalue weighted by Crippen LogP contribution is 2.37. The molecule has 0 saturated carbocycles. The molecule has 1 fully saturated rings. The Morgan fingerprint density at radius 2 is 2.22 bits per heavy atom. The summed E-state index contributed by atoms with van der Waals surface area (Å²) < 4.78 is 7.82. The van der Waals surface area contributed by atoms with E-state index in [-0.39, 0.29) is 18.0 Å². The number of imidazole rings is 1. The highest BCUT2D eigenvalue weighted by Gasteiger charge is 2.28. The van der Waals surface area contributed by atoms with Crippen LogP contribution in [0.5, 0.6) is 11.8 Å². The van der Waals surface area contributed by atoms with Gasteiger partial charge in [0, 0.05) is 44.9 Å². The first-order valence-corrected chi connectivity index (χ1v) is 10.9. The van der Waals surface area contributed by atoms with Crippen molar-refractivity contribution in [2.24, 2.45) is 7.05 Å². The Labute approximate surface area is 189 Å². The van der Waals surface area contributed by atoms with Crippen LogP contribution >= 0.6 is 11.6 Å². The number of aromatic amines is 1. The molecular weight excluding hydrogens is 432 g/mol. The first kappa shape index (κ1) is 20.5. The van der Waals surface area contributed by atoms with E-state index in [1.807, 2.05) is 18.5 Å². The average molecular weight is 455 g/mol. The van der Waals surface area contributed by atoms with Crippen molar-refractivity contribution >= 4 is 45.5 Å². The highest BCUT2D eigenvalue weighted by molar-refractivity contribution is 6.37. The molecule has 10 nitrogen and oxygen atoms in total. The van der Waals surface area contributed by atoms with Gasteiger partial charge in [0.05, 0.1) is 22.9 Å². The van der Waals surface area contributed by atoms with E-state index in [0.29, 0.717) is 28.8 Å². The smallest absolute Gasteiger partial charge is 0.326 e. The van der Waals surface area contributed by atoms with Crippen molar-refractivity contribution in [2.45, 2.75) is 32.7 Å². The van der Waals surface area contributed by atoms with Crippen LogP contribution in [0, 0.1) is 0 Å². The average Bonchev–Trinajstić information content (AvgIpc) is 3.45. The monoisotopic (exact) mass is 454 g/mol. The van der Waals surface area contributed by atoms with E-state index >= 15 is 0 Å². The molecule has 0 spiro atoms. The van der Waals surface area contributed by atoms with Crippen molar-refractivity contribution in [1.29, 1.82) is 0 Å². The summed E-state index contributed by atoms with van der Waals surface area (Å²) >= 11 is 6.67. The summed E-state index contributed by atoms with van der Waals surface area (Å²) in [5, 5.41) is 4.36. The van der Waals surface area contributed by atoms with E-state index < -0.39 is 0 Å². The molecule has 1 aliphatic rings. The van der Waals surface area contributed by atoms with Crippen LogP contribution in [0.1, 0.15) is 26.0 Å². The molecular formula is C21H23ClN8O2. The predicted octanol–water partition coefficient (Wildman–Crippen LogP) is 2.96. The molecule has 5 heterocycles. The number of H-pyrrole nitrogens is 1. The number of nitrogens with zero attached hydrogens (tertiary/aromatic N) is 6. The summed E-state index contributed by atoms with van der Waals surface area (Å²) in [5.41, 5.74) is 2.99. The van der Waals surface area contributed by atoms with Crippen LogP contribution in [-0.4, -0.2) is 54.5 Å². The van der Waals surface area contributed by atoms with Crippen molar-refractivity contribution in [3.05, 3.63) is 29.3 Å². The fraction of sp³-hybridized carbons (Fsp3) is 0.381. The van der Waals surface area contributed by atoms with Gasteiger partial charge < -0.3 is 24.5 Å². The van der Waals surface area contributed by atoms with Crippen LogP contribution in [0.25, 0.3) is 22.2 Å². The molecule has 0 bridgehead atoms. The van der Waals surface area contributed by atoms with Gasteiger partial charge in [-0.1, -0.05) is 18.5 Å². The molecule has 1 aliphatic heterocycles. The van der Waals surface area contributed by atoms with Crippen LogP contribution < -0.4 is 15.0 Å². The molecule has 1 amide bonds. The fourth-order valence-corrected chi connectivity index (χ4v) is 4.46. The number of hydrogen-bond donors (Lipinski definition) is 2. The van der Waals surface area contributed by atoms with E-state index in [0.717, 1.165) is 41.6 Å². The molecule has 5 rings (SSSR count). The van der Waals surface area contributed by atoms with Gasteiger partial charge in [-0.3, -0.25) is 4.79 Å². The second-order valence-electron chi connectivity index (χ2n) is 7.93. The Morgan fingerprint density at radius 1 is 1.38 bits per heavy atom. The number of anilines is 1. The maximum atomic E-state index is 11.5. The molecule has 1 atom stereocenters. The molecule has 4 aromatic heterocycles. The maximum Gasteiger partial charge on any atom is 0.326 e. The first-order chi connectivity index (χ1) is 15.4. The number of pyridine rings is 1. The van der Waals surface area contributed by atoms with Gasteiger partial charge in [-0.15, -0.1) is 0 Å². The molecule has 4 aromatic rings. The molecule has 2 N–H and O–H groups in total. The van der Waals surface area contributed by atoms with Crippen molar-refractivity contribution in [1.82, 2.24) is 34.8 Å². The van der Waals surface area contributed by atoms with E-state index in [2.05, 4.69) is 30.2 Å². The molecule has 0 aromatic carbocycles. The van der Waals surface area contributed by atoms with Gasteiger partial charge >= 0.3 is 6.01 Å². The number of hydrogen-bond acceptors (Lipinski definition) is 7. The van der Waals surface area contributed by atoms with E-state index in [1.165, 1.54) is 6.92 Å². The Balaban J connectivity index is 1.54. The Bertz CT molecular complexity index is 1330. The zero-order valence-corrected chi connectivity index (χ0v) is 18.8. The Kier molecular flexibility index (Phi) is 5.09. The zero-order chi connectivity index (χ0) is 22.4. The number of fused-ring (bicyclic) bond motifs is 2. The maximum absolute atomic E-state index is 11.5. The molecule has 1 unspecified atom stereocenters. The van der Waals surface area contributed by atoms with Crippen LogP contribution in [0.2, 0.25) is 5.02 Å². The lowest BCUT2D eigenvalue weighted by Gasteiger charge is -2.19. The SMILES string of the molecule is CCc1[nH]c2nc(Oc3cnc4c(c3)ncn4C)nc(N3CCC(NC(C)=O)C3)c2c1Cl. The van der Waals surface area contributed by atoms with E-state index in [1.54, 1.807) is 18.6 Å². The highest BCUT2D eigenvalue weighted by atomic mass is 35.5. The number of ether oxygens (including phenoxy) is 1. The second kappa shape index (κ2) is 7.94. The third kappa shape index (κ3) is 3.60. The Morgan fingerprint density at radius 3 is 3.00 bits per heavy atom. The van der Waals surface area contributed by atoms with Gasteiger partial charge in [0.2, 0.25) is 5.91 Å². The third-order valence-electron chi connectivity index (χ3n) is 5.61. The lowest BCUT2D eigenvalue weighted by Crippen LogP contribution is -2.35. The number of aryl methyl sites for hydroxylation is 2. The number of carbonyl (C=O) groups is 1. The first-order valence-electron chi connectivity index (χ1n) is 10.5. The quantitative estimate of drug-likeness (QED) is 0.476. The van der Waals surface area contributed by atoms with Crippen LogP contribution in [0.4, 0.5) is 5.82 Å². The minimum atomic E-state index is -0.0425. The Hall–Kier alpha value is -3.40. The minimum Gasteiger partial charge on any atom is -0.422 e. The normalized spacial score (nSPS) is 16.2. The summed E-state index contributed by atoms with van der Waals surface area (Å²) in [5.74, 6) is 1.14. The predicted molar refractivity (Wildman–Crippen MR) is 121 cm³/mol. The molecule has 0 aliphatic carbocycles. The summed E-state index contributed by atoms with van der Waals surface area (Å²) in [7, 11) is 1.89. The fourth-order valence-electron chi connectivity index (χ4n) is 4.11. The third-order valence-corrected chi connectivity index (χ3v) is 6.02. The number of amides is 1. The van der Waals surface area contributed by atoms with Crippen molar-refractivity contribution in [2.75, 3.05) is 18.0 Å². The van der Waals surface area contributed by atoms with Crippen LogP contribution in [-0.2, 0) is 18.3 Å². The lowest BCUT2D eigenvalue weighted by molar-refractivity contribution is -0.119. The molecule has 1 saturated heterocycles. The van der Waals surface area contributed by atoms with Crippen LogP contribution in [0.3, 0.4) is 0 Å². The van der Waals surface area contributed by atoms with Gasteiger partial charge in [0.25, 0.3) is 0 Å².